The van der Waals surface area contributed by atoms with Crippen LogP contribution in [0.1, 0.15) is 94.9 Å². The molecule has 0 bridgehead atoms. The number of esters is 1. The molecule has 0 aliphatic carbocycles. The first kappa shape index (κ1) is 33.7. The van der Waals surface area contributed by atoms with Gasteiger partial charge in [-0.1, -0.05) is 18.2 Å². The quantitative estimate of drug-likeness (QED) is 0.233. The van der Waals surface area contributed by atoms with Crippen LogP contribution in [0.25, 0.3) is 0 Å². The van der Waals surface area contributed by atoms with E-state index in [1.54, 1.807) is 65.8 Å². The smallest absolute Gasteiger partial charge is 0.411 e. The second kappa shape index (κ2) is 13.3. The molecular formula is C32H44N2O9. The van der Waals surface area contributed by atoms with E-state index in [2.05, 4.69) is 0 Å². The number of amides is 2. The molecule has 0 N–H and O–H groups in total. The van der Waals surface area contributed by atoms with E-state index in [4.69, 9.17) is 14.2 Å². The summed E-state index contributed by atoms with van der Waals surface area (Å²) in [7, 11) is 1.25. The highest BCUT2D eigenvalue weighted by Gasteiger charge is 2.43. The highest BCUT2D eigenvalue weighted by atomic mass is 16.6. The van der Waals surface area contributed by atoms with Gasteiger partial charge in [0.15, 0.2) is 17.3 Å². The van der Waals surface area contributed by atoms with E-state index in [0.29, 0.717) is 17.5 Å². The Hall–Kier alpha value is -3.76. The van der Waals surface area contributed by atoms with E-state index in [0.717, 1.165) is 0 Å². The monoisotopic (exact) mass is 600 g/mol. The third kappa shape index (κ3) is 9.11. The van der Waals surface area contributed by atoms with Crippen molar-refractivity contribution in [2.24, 2.45) is 11.8 Å². The molecule has 0 spiro atoms. The molecule has 11 heteroatoms. The molecule has 2 aliphatic heterocycles. The molecule has 2 fully saturated rings. The van der Waals surface area contributed by atoms with Crippen molar-refractivity contribution >= 4 is 35.5 Å². The molecule has 3 rings (SSSR count). The maximum Gasteiger partial charge on any atom is 0.411 e. The van der Waals surface area contributed by atoms with Gasteiger partial charge < -0.3 is 14.2 Å². The van der Waals surface area contributed by atoms with Crippen LogP contribution >= 0.6 is 0 Å². The lowest BCUT2D eigenvalue weighted by molar-refractivity contribution is -0.145. The second-order valence-electron chi connectivity index (χ2n) is 13.5. The Kier molecular flexibility index (Phi) is 10.4. The summed E-state index contributed by atoms with van der Waals surface area (Å²) in [6.45, 7) is 12.2. The van der Waals surface area contributed by atoms with Crippen molar-refractivity contribution in [2.75, 3.05) is 20.2 Å². The van der Waals surface area contributed by atoms with E-state index in [1.165, 1.54) is 23.8 Å². The zero-order chi connectivity index (χ0) is 32.3. The van der Waals surface area contributed by atoms with Crippen LogP contribution in [0.5, 0.6) is 0 Å². The Labute approximate surface area is 253 Å². The molecule has 4 atom stereocenters. The highest BCUT2D eigenvalue weighted by Crippen LogP contribution is 2.31. The molecule has 2 saturated heterocycles. The number of nitrogens with zero attached hydrogens (tertiary/aromatic N) is 2. The van der Waals surface area contributed by atoms with Gasteiger partial charge in [-0.3, -0.25) is 24.2 Å². The topological polar surface area (TPSA) is 137 Å². The van der Waals surface area contributed by atoms with Crippen molar-refractivity contribution in [1.82, 2.24) is 9.80 Å². The summed E-state index contributed by atoms with van der Waals surface area (Å²) in [5, 5.41) is 0. The zero-order valence-corrected chi connectivity index (χ0v) is 26.4. The predicted octanol–water partition coefficient (Wildman–Crippen LogP) is 4.85. The van der Waals surface area contributed by atoms with Crippen molar-refractivity contribution in [3.63, 3.8) is 0 Å². The Balaban J connectivity index is 1.66. The van der Waals surface area contributed by atoms with Crippen LogP contribution < -0.4 is 0 Å². The summed E-state index contributed by atoms with van der Waals surface area (Å²) in [6.07, 6.45) is -0.441. The fraction of sp³-hybridized carbons (Fsp3) is 0.625. The maximum atomic E-state index is 13.3. The third-order valence-electron chi connectivity index (χ3n) is 7.43. The van der Waals surface area contributed by atoms with Crippen molar-refractivity contribution < 1.29 is 43.0 Å². The van der Waals surface area contributed by atoms with Crippen molar-refractivity contribution in [1.29, 1.82) is 0 Å². The molecule has 0 aromatic heterocycles. The second-order valence-corrected chi connectivity index (χ2v) is 13.5. The standard InChI is InChI=1S/C32H44N2O9/c1-19(35)24-12-20(17-33(24)29(39)42-31(2,3)4)14-26(36)22-10-9-11-23(16-22)27(37)15-21-13-25(28(38)41-8)34(18-21)30(40)43-32(5,6)7/h9-11,16,20-21,24-25H,12-15,17-18H2,1-8H3/t20-,21-,24+,25+/m1/s1. The fourth-order valence-corrected chi connectivity index (χ4v) is 5.56. The highest BCUT2D eigenvalue weighted by molar-refractivity contribution is 6.01. The maximum absolute atomic E-state index is 13.3. The first-order valence-electron chi connectivity index (χ1n) is 14.6. The average Bonchev–Trinajstić information content (AvgIpc) is 3.51. The molecule has 0 radical (unpaired) electrons. The summed E-state index contributed by atoms with van der Waals surface area (Å²) >= 11 is 0. The van der Waals surface area contributed by atoms with Gasteiger partial charge in [0, 0.05) is 37.1 Å². The molecule has 236 valence electrons. The van der Waals surface area contributed by atoms with E-state index in [-0.39, 0.29) is 61.5 Å². The SMILES string of the molecule is COC(=O)[C@@H]1C[C@H](CC(=O)c2cccc(C(=O)C[C@H]3C[C@@H](C(C)=O)N(C(=O)OC(C)(C)C)C3)c2)CN1C(=O)OC(C)(C)C. The van der Waals surface area contributed by atoms with Gasteiger partial charge >= 0.3 is 18.2 Å². The minimum atomic E-state index is -0.851. The van der Waals surface area contributed by atoms with Crippen LogP contribution in [0, 0.1) is 11.8 Å². The molecular weight excluding hydrogens is 556 g/mol. The number of likely N-dealkylation sites (tertiary alicyclic amines) is 2. The number of hydrogen-bond donors (Lipinski definition) is 0. The number of rotatable bonds is 8. The van der Waals surface area contributed by atoms with Gasteiger partial charge in [0.2, 0.25) is 0 Å². The Morgan fingerprint density at radius 1 is 0.744 bits per heavy atom. The number of ketones is 3. The number of carbonyl (C=O) groups is 6. The van der Waals surface area contributed by atoms with E-state index in [9.17, 15) is 28.8 Å². The average molecular weight is 601 g/mol. The van der Waals surface area contributed by atoms with Crippen molar-refractivity contribution in [3.05, 3.63) is 35.4 Å². The summed E-state index contributed by atoms with van der Waals surface area (Å²) in [5.41, 5.74) is -0.765. The number of Topliss-reactive ketones (excluding diaryl/α,β-unsaturated/α-hetero) is 3. The summed E-state index contributed by atoms with van der Waals surface area (Å²) in [6, 6.07) is 4.95. The van der Waals surface area contributed by atoms with Gasteiger partial charge in [0.25, 0.3) is 0 Å². The molecule has 43 heavy (non-hydrogen) atoms. The number of ether oxygens (including phenoxy) is 3. The normalized spacial score (nSPS) is 22.2. The lowest BCUT2D eigenvalue weighted by Gasteiger charge is -2.27. The number of carbonyl (C=O) groups excluding carboxylic acids is 6. The van der Waals surface area contributed by atoms with Gasteiger partial charge in [-0.2, -0.15) is 0 Å². The molecule has 0 unspecified atom stereocenters. The van der Waals surface area contributed by atoms with E-state index >= 15 is 0 Å². The van der Waals surface area contributed by atoms with Crippen LogP contribution in [0.2, 0.25) is 0 Å². The van der Waals surface area contributed by atoms with Crippen molar-refractivity contribution in [3.8, 4) is 0 Å². The summed E-state index contributed by atoms with van der Waals surface area (Å²) < 4.78 is 15.8. The van der Waals surface area contributed by atoms with Crippen molar-refractivity contribution in [2.45, 2.75) is 97.4 Å². The third-order valence-corrected chi connectivity index (χ3v) is 7.43. The van der Waals surface area contributed by atoms with Gasteiger partial charge in [-0.05, 0) is 79.2 Å². The molecule has 0 saturated carbocycles. The number of methoxy groups -OCH3 is 1. The lowest BCUT2D eigenvalue weighted by atomic mass is 9.92. The van der Waals surface area contributed by atoms with Crippen LogP contribution in [0.15, 0.2) is 24.3 Å². The first-order valence-corrected chi connectivity index (χ1v) is 14.6. The molecule has 2 aliphatic rings. The van der Waals surface area contributed by atoms with Crippen LogP contribution in [0.4, 0.5) is 9.59 Å². The summed E-state index contributed by atoms with van der Waals surface area (Å²) in [5.74, 6) is -1.69. The Bertz CT molecular complexity index is 1260. The minimum absolute atomic E-state index is 0.0677. The number of benzene rings is 1. The molecule has 11 nitrogen and oxygen atoms in total. The zero-order valence-electron chi connectivity index (χ0n) is 26.4. The fourth-order valence-electron chi connectivity index (χ4n) is 5.56. The van der Waals surface area contributed by atoms with Gasteiger partial charge in [-0.25, -0.2) is 14.4 Å². The first-order chi connectivity index (χ1) is 19.9. The lowest BCUT2D eigenvalue weighted by Crippen LogP contribution is -2.43. The predicted molar refractivity (Wildman–Crippen MR) is 157 cm³/mol. The van der Waals surface area contributed by atoms with E-state index in [1.807, 2.05) is 0 Å². The van der Waals surface area contributed by atoms with Gasteiger partial charge in [0.05, 0.1) is 13.2 Å². The van der Waals surface area contributed by atoms with Crippen LogP contribution in [-0.2, 0) is 23.8 Å². The molecule has 1 aromatic carbocycles. The Morgan fingerprint density at radius 2 is 1.16 bits per heavy atom. The van der Waals surface area contributed by atoms with E-state index < -0.39 is 41.4 Å². The minimum Gasteiger partial charge on any atom is -0.467 e. The van der Waals surface area contributed by atoms with Crippen LogP contribution in [0.3, 0.4) is 0 Å². The van der Waals surface area contributed by atoms with Gasteiger partial charge in [0.1, 0.15) is 17.2 Å². The van der Waals surface area contributed by atoms with Gasteiger partial charge in [-0.15, -0.1) is 0 Å². The van der Waals surface area contributed by atoms with Crippen LogP contribution in [-0.4, -0.2) is 88.8 Å². The number of hydrogen-bond acceptors (Lipinski definition) is 9. The Morgan fingerprint density at radius 3 is 1.56 bits per heavy atom. The molecule has 1 aromatic rings. The largest absolute Gasteiger partial charge is 0.467 e. The molecule has 2 heterocycles. The molecule has 2 amide bonds. The summed E-state index contributed by atoms with van der Waals surface area (Å²) in [4.78, 5) is 79.3.